The molecule has 2 aromatic rings. The molecule has 1 saturated heterocycles. The maximum Gasteiger partial charge on any atom is 0.253 e. The Morgan fingerprint density at radius 1 is 1.00 bits per heavy atom. The van der Waals surface area contributed by atoms with Crippen molar-refractivity contribution in [3.8, 4) is 11.1 Å². The van der Waals surface area contributed by atoms with E-state index < -0.39 is 0 Å². The molecule has 1 fully saturated rings. The fraction of sp³-hybridized carbons (Fsp3) is 0.375. The second-order valence-corrected chi connectivity index (χ2v) is 8.30. The SMILES string of the molecule is CN(C)CCNC(=O)C1CCN(C(=O)c2ccc3c(c2)C(=O)c2ccccc2-3)CC1. The fourth-order valence-corrected chi connectivity index (χ4v) is 4.24. The molecule has 1 heterocycles. The third kappa shape index (κ3) is 3.87. The first-order valence-corrected chi connectivity index (χ1v) is 10.5. The monoisotopic (exact) mass is 405 g/mol. The van der Waals surface area contributed by atoms with Gasteiger partial charge in [0.15, 0.2) is 5.78 Å². The molecule has 0 aromatic heterocycles. The van der Waals surface area contributed by atoms with Crippen LogP contribution in [0.15, 0.2) is 42.5 Å². The quantitative estimate of drug-likeness (QED) is 0.708. The first kappa shape index (κ1) is 20.3. The van der Waals surface area contributed by atoms with E-state index in [4.69, 9.17) is 0 Å². The molecule has 4 rings (SSSR count). The largest absolute Gasteiger partial charge is 0.355 e. The highest BCUT2D eigenvalue weighted by Gasteiger charge is 2.30. The van der Waals surface area contributed by atoms with Crippen LogP contribution in [0, 0.1) is 5.92 Å². The van der Waals surface area contributed by atoms with E-state index >= 15 is 0 Å². The van der Waals surface area contributed by atoms with Gasteiger partial charge in [-0.1, -0.05) is 30.3 Å². The van der Waals surface area contributed by atoms with E-state index in [-0.39, 0.29) is 23.5 Å². The van der Waals surface area contributed by atoms with Gasteiger partial charge in [-0.25, -0.2) is 0 Å². The van der Waals surface area contributed by atoms with Gasteiger partial charge in [-0.2, -0.15) is 0 Å². The van der Waals surface area contributed by atoms with Crippen molar-refractivity contribution in [1.29, 1.82) is 0 Å². The van der Waals surface area contributed by atoms with Crippen molar-refractivity contribution in [3.05, 3.63) is 59.2 Å². The van der Waals surface area contributed by atoms with Crippen LogP contribution in [0.4, 0.5) is 0 Å². The minimum atomic E-state index is -0.0759. The number of nitrogens with zero attached hydrogens (tertiary/aromatic N) is 2. The lowest BCUT2D eigenvalue weighted by Crippen LogP contribution is -2.44. The molecular weight excluding hydrogens is 378 g/mol. The van der Waals surface area contributed by atoms with Gasteiger partial charge in [0.2, 0.25) is 5.91 Å². The van der Waals surface area contributed by atoms with Crippen molar-refractivity contribution in [3.63, 3.8) is 0 Å². The smallest absolute Gasteiger partial charge is 0.253 e. The molecular formula is C24H27N3O3. The summed E-state index contributed by atoms with van der Waals surface area (Å²) >= 11 is 0. The maximum atomic E-state index is 13.0. The zero-order valence-corrected chi connectivity index (χ0v) is 17.5. The molecule has 0 radical (unpaired) electrons. The molecule has 0 atom stereocenters. The Balaban J connectivity index is 1.39. The van der Waals surface area contributed by atoms with Gasteiger partial charge in [-0.15, -0.1) is 0 Å². The summed E-state index contributed by atoms with van der Waals surface area (Å²) in [5.74, 6) is -0.0754. The van der Waals surface area contributed by atoms with E-state index in [2.05, 4.69) is 5.32 Å². The van der Waals surface area contributed by atoms with Gasteiger partial charge in [-0.05, 0) is 50.2 Å². The molecule has 1 N–H and O–H groups in total. The number of fused-ring (bicyclic) bond motifs is 3. The van der Waals surface area contributed by atoms with Crippen LogP contribution in [0.1, 0.15) is 39.1 Å². The summed E-state index contributed by atoms with van der Waals surface area (Å²) in [6, 6.07) is 12.9. The van der Waals surface area contributed by atoms with Gasteiger partial charge in [-0.3, -0.25) is 14.4 Å². The number of piperidine rings is 1. The molecule has 6 heteroatoms. The second kappa shape index (κ2) is 8.40. The fourth-order valence-electron chi connectivity index (χ4n) is 4.24. The summed E-state index contributed by atoms with van der Waals surface area (Å²) in [6.07, 6.45) is 1.32. The number of carbonyl (C=O) groups is 3. The van der Waals surface area contributed by atoms with Gasteiger partial charge in [0.05, 0.1) is 0 Å². The minimum Gasteiger partial charge on any atom is -0.355 e. The van der Waals surface area contributed by atoms with Crippen molar-refractivity contribution < 1.29 is 14.4 Å². The molecule has 0 bridgehead atoms. The van der Waals surface area contributed by atoms with E-state index in [0.29, 0.717) is 49.2 Å². The zero-order chi connectivity index (χ0) is 21.3. The van der Waals surface area contributed by atoms with Gasteiger partial charge in [0.1, 0.15) is 0 Å². The number of hydrogen-bond donors (Lipinski definition) is 1. The Kier molecular flexibility index (Phi) is 5.68. The van der Waals surface area contributed by atoms with Crippen LogP contribution in [-0.4, -0.2) is 67.7 Å². The van der Waals surface area contributed by atoms with Crippen LogP contribution in [-0.2, 0) is 4.79 Å². The van der Waals surface area contributed by atoms with Crippen molar-refractivity contribution in [2.45, 2.75) is 12.8 Å². The Morgan fingerprint density at radius 3 is 2.37 bits per heavy atom. The number of benzene rings is 2. The van der Waals surface area contributed by atoms with Gasteiger partial charge in [0, 0.05) is 48.8 Å². The lowest BCUT2D eigenvalue weighted by molar-refractivity contribution is -0.126. The zero-order valence-electron chi connectivity index (χ0n) is 17.5. The molecule has 1 aliphatic carbocycles. The Labute approximate surface area is 176 Å². The number of nitrogens with one attached hydrogen (secondary N) is 1. The summed E-state index contributed by atoms with van der Waals surface area (Å²) in [7, 11) is 3.95. The standard InChI is InChI=1S/C24H27N3O3/c1-26(2)14-11-25-23(29)16-9-12-27(13-10-16)24(30)17-7-8-19-18-5-3-4-6-20(18)22(28)21(19)15-17/h3-8,15-16H,9-14H2,1-2H3,(H,25,29). The summed E-state index contributed by atoms with van der Waals surface area (Å²) in [5.41, 5.74) is 3.64. The number of hydrogen-bond acceptors (Lipinski definition) is 4. The third-order valence-electron chi connectivity index (χ3n) is 5.98. The summed E-state index contributed by atoms with van der Waals surface area (Å²) in [4.78, 5) is 41.9. The van der Waals surface area contributed by atoms with Crippen molar-refractivity contribution in [2.75, 3.05) is 40.3 Å². The van der Waals surface area contributed by atoms with E-state index in [0.717, 1.165) is 17.7 Å². The molecule has 1 aliphatic heterocycles. The Bertz CT molecular complexity index is 991. The van der Waals surface area contributed by atoms with Crippen LogP contribution in [0.25, 0.3) is 11.1 Å². The topological polar surface area (TPSA) is 69.7 Å². The van der Waals surface area contributed by atoms with E-state index in [9.17, 15) is 14.4 Å². The number of rotatable bonds is 5. The second-order valence-electron chi connectivity index (χ2n) is 8.30. The summed E-state index contributed by atoms with van der Waals surface area (Å²) in [5, 5.41) is 2.98. The van der Waals surface area contributed by atoms with Crippen LogP contribution < -0.4 is 5.32 Å². The molecule has 6 nitrogen and oxygen atoms in total. The Hall–Kier alpha value is -2.99. The lowest BCUT2D eigenvalue weighted by Gasteiger charge is -2.31. The minimum absolute atomic E-state index is 0.0247. The molecule has 2 amide bonds. The molecule has 0 unspecified atom stereocenters. The van der Waals surface area contributed by atoms with E-state index in [1.54, 1.807) is 17.0 Å². The van der Waals surface area contributed by atoms with E-state index in [1.165, 1.54) is 0 Å². The van der Waals surface area contributed by atoms with Gasteiger partial charge in [0.25, 0.3) is 5.91 Å². The normalized spacial score (nSPS) is 15.8. The molecule has 156 valence electrons. The first-order valence-electron chi connectivity index (χ1n) is 10.5. The summed E-state index contributed by atoms with van der Waals surface area (Å²) in [6.45, 7) is 2.55. The average molecular weight is 405 g/mol. The molecule has 2 aromatic carbocycles. The number of ketones is 1. The number of likely N-dealkylation sites (tertiary alicyclic amines) is 1. The lowest BCUT2D eigenvalue weighted by atomic mass is 9.95. The van der Waals surface area contributed by atoms with Crippen LogP contribution in [0.5, 0.6) is 0 Å². The van der Waals surface area contributed by atoms with E-state index in [1.807, 2.05) is 49.3 Å². The number of carbonyl (C=O) groups excluding carboxylic acids is 3. The first-order chi connectivity index (χ1) is 14.5. The number of likely N-dealkylation sites (N-methyl/N-ethyl adjacent to an activating group) is 1. The molecule has 2 aliphatic rings. The Morgan fingerprint density at radius 2 is 1.67 bits per heavy atom. The number of amides is 2. The van der Waals surface area contributed by atoms with Gasteiger partial charge >= 0.3 is 0 Å². The van der Waals surface area contributed by atoms with Crippen LogP contribution in [0.2, 0.25) is 0 Å². The van der Waals surface area contributed by atoms with Crippen molar-refractivity contribution >= 4 is 17.6 Å². The molecule has 0 saturated carbocycles. The van der Waals surface area contributed by atoms with Crippen molar-refractivity contribution in [2.24, 2.45) is 5.92 Å². The summed E-state index contributed by atoms with van der Waals surface area (Å²) < 4.78 is 0. The average Bonchev–Trinajstić information content (AvgIpc) is 3.05. The molecule has 30 heavy (non-hydrogen) atoms. The highest BCUT2D eigenvalue weighted by atomic mass is 16.2. The van der Waals surface area contributed by atoms with Crippen LogP contribution >= 0.6 is 0 Å². The predicted molar refractivity (Wildman–Crippen MR) is 116 cm³/mol. The van der Waals surface area contributed by atoms with Gasteiger partial charge < -0.3 is 15.1 Å². The van der Waals surface area contributed by atoms with Crippen molar-refractivity contribution in [1.82, 2.24) is 15.1 Å². The predicted octanol–water partition coefficient (Wildman–Crippen LogP) is 2.43. The molecule has 0 spiro atoms. The highest BCUT2D eigenvalue weighted by Crippen LogP contribution is 2.37. The maximum absolute atomic E-state index is 13.0. The third-order valence-corrected chi connectivity index (χ3v) is 5.98. The van der Waals surface area contributed by atoms with Crippen LogP contribution in [0.3, 0.4) is 0 Å². The highest BCUT2D eigenvalue weighted by molar-refractivity contribution is 6.22.